The van der Waals surface area contributed by atoms with E-state index in [9.17, 15) is 8.42 Å². The van der Waals surface area contributed by atoms with Crippen molar-refractivity contribution in [1.82, 2.24) is 14.1 Å². The summed E-state index contributed by atoms with van der Waals surface area (Å²) < 4.78 is 34.3. The minimum Gasteiger partial charge on any atom is -0.379 e. The largest absolute Gasteiger partial charge is 0.379 e. The Morgan fingerprint density at radius 2 is 1.76 bits per heavy atom. The summed E-state index contributed by atoms with van der Waals surface area (Å²) in [5, 5.41) is 5.46. The molecule has 0 bridgehead atoms. The molecule has 0 aliphatic carbocycles. The molecule has 1 saturated heterocycles. The molecule has 6 nitrogen and oxygen atoms in total. The van der Waals surface area contributed by atoms with Gasteiger partial charge in [-0.1, -0.05) is 29.3 Å². The summed E-state index contributed by atoms with van der Waals surface area (Å²) in [6, 6.07) is 5.27. The number of nitrogens with zero attached hydrogens (tertiary/aromatic N) is 3. The third-order valence-electron chi connectivity index (χ3n) is 4.25. The Labute approximate surface area is 157 Å². The van der Waals surface area contributed by atoms with Crippen LogP contribution in [0.25, 0.3) is 0 Å². The molecule has 0 N–H and O–H groups in total. The molecule has 1 aromatic heterocycles. The van der Waals surface area contributed by atoms with Gasteiger partial charge in [0.05, 0.1) is 31.1 Å². The van der Waals surface area contributed by atoms with Crippen LogP contribution in [0.3, 0.4) is 0 Å². The Bertz CT molecular complexity index is 870. The van der Waals surface area contributed by atoms with Crippen molar-refractivity contribution >= 4 is 33.2 Å². The first kappa shape index (κ1) is 18.7. The number of hydrogen-bond acceptors (Lipinski definition) is 4. The average molecular weight is 404 g/mol. The number of ether oxygens (including phenoxy) is 1. The van der Waals surface area contributed by atoms with Crippen molar-refractivity contribution < 1.29 is 13.2 Å². The molecular weight excluding hydrogens is 385 g/mol. The molecule has 0 unspecified atom stereocenters. The molecule has 0 saturated carbocycles. The summed E-state index contributed by atoms with van der Waals surface area (Å²) >= 11 is 12.4. The normalized spacial score (nSPS) is 16.3. The Hall–Kier alpha value is -1.12. The molecule has 1 aliphatic heterocycles. The average Bonchev–Trinajstić information content (AvgIpc) is 2.86. The van der Waals surface area contributed by atoms with Crippen molar-refractivity contribution in [2.45, 2.75) is 25.3 Å². The maximum absolute atomic E-state index is 13.0. The van der Waals surface area contributed by atoms with Gasteiger partial charge in [0.25, 0.3) is 0 Å². The fraction of sp³-hybridized carbons (Fsp3) is 0.438. The van der Waals surface area contributed by atoms with E-state index in [0.717, 1.165) is 0 Å². The quantitative estimate of drug-likeness (QED) is 0.786. The molecule has 0 radical (unpaired) electrons. The number of benzene rings is 1. The van der Waals surface area contributed by atoms with Crippen LogP contribution in [-0.2, 0) is 21.3 Å². The molecule has 3 rings (SSSR count). The van der Waals surface area contributed by atoms with Gasteiger partial charge in [0.15, 0.2) is 0 Å². The molecule has 0 amide bonds. The summed E-state index contributed by atoms with van der Waals surface area (Å²) in [5.41, 5.74) is 1.75. The monoisotopic (exact) mass is 403 g/mol. The second-order valence-electron chi connectivity index (χ2n) is 5.87. The molecule has 1 aliphatic rings. The fourth-order valence-corrected chi connectivity index (χ4v) is 5.25. The van der Waals surface area contributed by atoms with Gasteiger partial charge in [-0.25, -0.2) is 8.42 Å². The van der Waals surface area contributed by atoms with E-state index in [4.69, 9.17) is 27.9 Å². The van der Waals surface area contributed by atoms with E-state index in [-0.39, 0.29) is 4.90 Å². The lowest BCUT2D eigenvalue weighted by molar-refractivity contribution is 0.0730. The number of morpholine rings is 1. The lowest BCUT2D eigenvalue weighted by atomic mass is 10.2. The molecule has 0 atom stereocenters. The van der Waals surface area contributed by atoms with Gasteiger partial charge in [0.2, 0.25) is 10.0 Å². The zero-order chi connectivity index (χ0) is 18.2. The number of halogens is 2. The highest BCUT2D eigenvalue weighted by Crippen LogP contribution is 2.28. The van der Waals surface area contributed by atoms with E-state index in [0.29, 0.717) is 59.8 Å². The molecular formula is C16H19Cl2N3O3S. The minimum atomic E-state index is -3.61. The van der Waals surface area contributed by atoms with Crippen LogP contribution in [0.4, 0.5) is 0 Å². The Morgan fingerprint density at radius 3 is 2.36 bits per heavy atom. The Kier molecular flexibility index (Phi) is 5.41. The lowest BCUT2D eigenvalue weighted by Gasteiger charge is -2.26. The maximum Gasteiger partial charge on any atom is 0.246 e. The van der Waals surface area contributed by atoms with Gasteiger partial charge >= 0.3 is 0 Å². The van der Waals surface area contributed by atoms with E-state index in [2.05, 4.69) is 5.10 Å². The van der Waals surface area contributed by atoms with Crippen LogP contribution >= 0.6 is 23.2 Å². The highest BCUT2D eigenvalue weighted by atomic mass is 35.5. The van der Waals surface area contributed by atoms with Crippen LogP contribution in [-0.4, -0.2) is 48.8 Å². The van der Waals surface area contributed by atoms with Crippen LogP contribution in [0.1, 0.15) is 17.0 Å². The molecule has 2 aromatic rings. The molecule has 0 spiro atoms. The predicted molar refractivity (Wildman–Crippen MR) is 96.8 cm³/mol. The van der Waals surface area contributed by atoms with Crippen molar-refractivity contribution in [3.05, 3.63) is 45.2 Å². The van der Waals surface area contributed by atoms with Crippen molar-refractivity contribution in [3.63, 3.8) is 0 Å². The zero-order valence-electron chi connectivity index (χ0n) is 14.0. The standard InChI is InChI=1S/C16H19Cl2N3O3S/c1-11-16(25(22,23)20-6-8-24-9-7-20)12(2)21(19-11)10-13-14(17)4-3-5-15(13)18/h3-5H,6-10H2,1-2H3. The van der Waals surface area contributed by atoms with Gasteiger partial charge < -0.3 is 4.74 Å². The van der Waals surface area contributed by atoms with Gasteiger partial charge in [-0.3, -0.25) is 4.68 Å². The van der Waals surface area contributed by atoms with Crippen LogP contribution in [0.5, 0.6) is 0 Å². The summed E-state index contributed by atoms with van der Waals surface area (Å²) in [6.07, 6.45) is 0. The SMILES string of the molecule is Cc1nn(Cc2c(Cl)cccc2Cl)c(C)c1S(=O)(=O)N1CCOCC1. The zero-order valence-corrected chi connectivity index (χ0v) is 16.3. The smallest absolute Gasteiger partial charge is 0.246 e. The topological polar surface area (TPSA) is 64.4 Å². The molecule has 1 fully saturated rings. The molecule has 1 aromatic carbocycles. The summed E-state index contributed by atoms with van der Waals surface area (Å²) in [5.74, 6) is 0. The Morgan fingerprint density at radius 1 is 1.16 bits per heavy atom. The van der Waals surface area contributed by atoms with E-state index in [1.807, 2.05) is 0 Å². The first-order valence-corrected chi connectivity index (χ1v) is 10.1. The van der Waals surface area contributed by atoms with Crippen LogP contribution < -0.4 is 0 Å². The van der Waals surface area contributed by atoms with Crippen molar-refractivity contribution in [2.75, 3.05) is 26.3 Å². The second-order valence-corrected chi connectivity index (χ2v) is 8.56. The van der Waals surface area contributed by atoms with Crippen LogP contribution in [0.2, 0.25) is 10.0 Å². The van der Waals surface area contributed by atoms with Crippen LogP contribution in [0, 0.1) is 13.8 Å². The summed E-state index contributed by atoms with van der Waals surface area (Å²) in [6.45, 7) is 5.26. The summed E-state index contributed by atoms with van der Waals surface area (Å²) in [7, 11) is -3.61. The van der Waals surface area contributed by atoms with Crippen LogP contribution in [0.15, 0.2) is 23.1 Å². The summed E-state index contributed by atoms with van der Waals surface area (Å²) in [4.78, 5) is 0.248. The maximum atomic E-state index is 13.0. The molecule has 25 heavy (non-hydrogen) atoms. The Balaban J connectivity index is 1.99. The minimum absolute atomic E-state index is 0.248. The van der Waals surface area contributed by atoms with Crippen molar-refractivity contribution in [3.8, 4) is 0 Å². The number of hydrogen-bond donors (Lipinski definition) is 0. The fourth-order valence-electron chi connectivity index (χ4n) is 2.96. The van der Waals surface area contributed by atoms with Crippen molar-refractivity contribution in [2.24, 2.45) is 0 Å². The first-order chi connectivity index (χ1) is 11.8. The van der Waals surface area contributed by atoms with E-state index >= 15 is 0 Å². The van der Waals surface area contributed by atoms with Gasteiger partial charge in [0, 0.05) is 28.7 Å². The number of aryl methyl sites for hydroxylation is 1. The van der Waals surface area contributed by atoms with Gasteiger partial charge in [-0.2, -0.15) is 9.40 Å². The third-order valence-corrected chi connectivity index (χ3v) is 7.11. The first-order valence-electron chi connectivity index (χ1n) is 7.87. The lowest BCUT2D eigenvalue weighted by Crippen LogP contribution is -2.41. The third kappa shape index (κ3) is 3.57. The van der Waals surface area contributed by atoms with Gasteiger partial charge in [-0.05, 0) is 26.0 Å². The predicted octanol–water partition coefficient (Wildman–Crippen LogP) is 2.88. The van der Waals surface area contributed by atoms with E-state index in [1.165, 1.54) is 4.31 Å². The number of aromatic nitrogens is 2. The van der Waals surface area contributed by atoms with Crippen molar-refractivity contribution in [1.29, 1.82) is 0 Å². The second kappa shape index (κ2) is 7.25. The van der Waals surface area contributed by atoms with Gasteiger partial charge in [-0.15, -0.1) is 0 Å². The van der Waals surface area contributed by atoms with E-state index in [1.54, 1.807) is 36.7 Å². The highest BCUT2D eigenvalue weighted by Gasteiger charge is 2.32. The van der Waals surface area contributed by atoms with Gasteiger partial charge in [0.1, 0.15) is 4.90 Å². The molecule has 9 heteroatoms. The molecule has 136 valence electrons. The highest BCUT2D eigenvalue weighted by molar-refractivity contribution is 7.89. The molecule has 2 heterocycles. The number of sulfonamides is 1. The van der Waals surface area contributed by atoms with E-state index < -0.39 is 10.0 Å². The number of rotatable bonds is 4.